The monoisotopic (exact) mass is 959 g/mol. The highest BCUT2D eigenvalue weighted by atomic mass is 16.3. The lowest BCUT2D eigenvalue weighted by Gasteiger charge is -2.16. The average molecular weight is 960 g/mol. The van der Waals surface area contributed by atoms with Gasteiger partial charge in [0.25, 0.3) is 0 Å². The molecule has 0 atom stereocenters. The molecule has 0 bridgehead atoms. The van der Waals surface area contributed by atoms with Gasteiger partial charge in [0.15, 0.2) is 23.3 Å². The summed E-state index contributed by atoms with van der Waals surface area (Å²) < 4.78 is 11.0. The molecule has 350 valence electrons. The van der Waals surface area contributed by atoms with Crippen molar-refractivity contribution in [1.29, 1.82) is 0 Å². The maximum Gasteiger partial charge on any atom is 0.182 e. The lowest BCUT2D eigenvalue weighted by atomic mass is 9.98. The van der Waals surface area contributed by atoms with Gasteiger partial charge in [-0.1, -0.05) is 188 Å². The van der Waals surface area contributed by atoms with E-state index in [1.54, 1.807) is 0 Å². The van der Waals surface area contributed by atoms with Crippen LogP contribution in [-0.4, -0.2) is 34.1 Å². The van der Waals surface area contributed by atoms with Gasteiger partial charge in [0, 0.05) is 65.9 Å². The van der Waals surface area contributed by atoms with Crippen LogP contribution in [0.4, 0.5) is 0 Å². The van der Waals surface area contributed by atoms with Gasteiger partial charge < -0.3 is 13.6 Å². The molecule has 0 radical (unpaired) electrons. The molecule has 15 aromatic rings. The second kappa shape index (κ2) is 17.2. The molecule has 0 unspecified atom stereocenters. The Balaban J connectivity index is 0.949. The van der Waals surface area contributed by atoms with Crippen LogP contribution >= 0.6 is 0 Å². The zero-order valence-electron chi connectivity index (χ0n) is 40.2. The lowest BCUT2D eigenvalue weighted by Crippen LogP contribution is -2.04. The van der Waals surface area contributed by atoms with Gasteiger partial charge in [-0.15, -0.1) is 0 Å². The van der Waals surface area contributed by atoms with Gasteiger partial charge in [-0.3, -0.25) is 0 Å². The Morgan fingerprint density at radius 3 is 1.23 bits per heavy atom. The largest absolute Gasteiger partial charge is 0.456 e. The van der Waals surface area contributed by atoms with Crippen LogP contribution in [0.15, 0.2) is 253 Å². The summed E-state index contributed by atoms with van der Waals surface area (Å²) in [5.74, 6) is 2.05. The highest BCUT2D eigenvalue weighted by Crippen LogP contribution is 2.40. The molecule has 0 N–H and O–H groups in total. The summed E-state index contributed by atoms with van der Waals surface area (Å²) in [6.07, 6.45) is 0. The van der Waals surface area contributed by atoms with Crippen LogP contribution in [0.2, 0.25) is 0 Å². The molecule has 0 saturated carbocycles. The molecule has 8 heteroatoms. The van der Waals surface area contributed by atoms with Crippen molar-refractivity contribution >= 4 is 65.6 Å². The molecule has 75 heavy (non-hydrogen) atoms. The Kier molecular flexibility index (Phi) is 9.71. The molecule has 5 heterocycles. The fourth-order valence-electron chi connectivity index (χ4n) is 11.0. The Morgan fingerprint density at radius 1 is 0.267 bits per heavy atom. The Labute approximate surface area is 430 Å². The molecule has 0 saturated heterocycles. The van der Waals surface area contributed by atoms with Crippen molar-refractivity contribution in [1.82, 2.24) is 34.1 Å². The van der Waals surface area contributed by atoms with Crippen molar-refractivity contribution < 1.29 is 4.42 Å². The zero-order valence-corrected chi connectivity index (χ0v) is 40.2. The highest BCUT2D eigenvalue weighted by Gasteiger charge is 2.21. The summed E-state index contributed by atoms with van der Waals surface area (Å²) >= 11 is 0. The maximum atomic E-state index is 6.26. The van der Waals surface area contributed by atoms with Crippen LogP contribution < -0.4 is 0 Å². The van der Waals surface area contributed by atoms with Gasteiger partial charge in [-0.2, -0.15) is 0 Å². The van der Waals surface area contributed by atoms with E-state index in [0.29, 0.717) is 29.0 Å². The average Bonchev–Trinajstić information content (AvgIpc) is 4.18. The summed E-state index contributed by atoms with van der Waals surface area (Å²) in [4.78, 5) is 26.3. The summed E-state index contributed by atoms with van der Waals surface area (Å²) in [6.45, 7) is 0. The van der Waals surface area contributed by atoms with Crippen molar-refractivity contribution in [2.75, 3.05) is 0 Å². The van der Waals surface area contributed by atoms with Crippen LogP contribution in [0.25, 0.3) is 145 Å². The van der Waals surface area contributed by atoms with Crippen molar-refractivity contribution in [3.63, 3.8) is 0 Å². The number of nitrogens with zero attached hydrogens (tertiary/aromatic N) is 7. The van der Waals surface area contributed by atoms with E-state index in [4.69, 9.17) is 29.3 Å². The number of aromatic nitrogens is 7. The van der Waals surface area contributed by atoms with Crippen molar-refractivity contribution in [3.8, 4) is 79.4 Å². The molecule has 0 aliphatic carbocycles. The first kappa shape index (κ1) is 42.4. The Morgan fingerprint density at radius 2 is 0.680 bits per heavy atom. The smallest absolute Gasteiger partial charge is 0.182 e. The van der Waals surface area contributed by atoms with Crippen molar-refractivity contribution in [3.05, 3.63) is 249 Å². The molecule has 0 fully saturated rings. The van der Waals surface area contributed by atoms with E-state index in [9.17, 15) is 0 Å². The standard InChI is InChI=1S/C67H41N7O/c1-3-18-43(19-4-1)64-68-55(46-38-47(73-57-28-12-7-22-50(57)51-23-8-13-29-58(51)73)40-48(39-46)74-59-30-14-9-24-52(59)53-25-10-15-31-60(53)74)41-56(69-64)67-71-65(44-20-5-2-6-21-44)70-66(72-67)45-36-34-42(35-37-45)49-27-17-33-62-63(49)54-26-11-16-32-61(54)75-62/h1-41H. The topological polar surface area (TPSA) is 87.5 Å². The molecule has 0 amide bonds. The number of furan rings is 1. The predicted octanol–water partition coefficient (Wildman–Crippen LogP) is 16.8. The number of benzene rings is 10. The second-order valence-electron chi connectivity index (χ2n) is 18.8. The predicted molar refractivity (Wildman–Crippen MR) is 304 cm³/mol. The maximum absolute atomic E-state index is 6.26. The quantitative estimate of drug-likeness (QED) is 0.151. The van der Waals surface area contributed by atoms with Crippen LogP contribution in [0.1, 0.15) is 0 Å². The molecule has 0 aliphatic heterocycles. The first-order valence-electron chi connectivity index (χ1n) is 25.1. The number of fused-ring (bicyclic) bond motifs is 9. The van der Waals surface area contributed by atoms with Gasteiger partial charge >= 0.3 is 0 Å². The number of hydrogen-bond acceptors (Lipinski definition) is 6. The highest BCUT2D eigenvalue weighted by molar-refractivity contribution is 6.13. The van der Waals surface area contributed by atoms with Crippen molar-refractivity contribution in [2.45, 2.75) is 0 Å². The number of hydrogen-bond donors (Lipinski definition) is 0. The molecular formula is C67H41N7O. The number of para-hydroxylation sites is 5. The van der Waals surface area contributed by atoms with E-state index < -0.39 is 0 Å². The van der Waals surface area contributed by atoms with Crippen LogP contribution in [0, 0.1) is 0 Å². The molecule has 0 aliphatic rings. The summed E-state index contributed by atoms with van der Waals surface area (Å²) in [5.41, 5.74) is 15.1. The van der Waals surface area contributed by atoms with Gasteiger partial charge in [0.2, 0.25) is 0 Å². The Hall–Kier alpha value is -10.3. The van der Waals surface area contributed by atoms with E-state index in [1.807, 2.05) is 91.0 Å². The third-order valence-corrected chi connectivity index (χ3v) is 14.4. The van der Waals surface area contributed by atoms with Crippen LogP contribution in [0.5, 0.6) is 0 Å². The summed E-state index contributed by atoms with van der Waals surface area (Å²) in [5, 5.41) is 6.92. The molecule has 8 nitrogen and oxygen atoms in total. The van der Waals surface area contributed by atoms with Crippen LogP contribution in [-0.2, 0) is 0 Å². The minimum atomic E-state index is 0.430. The third-order valence-electron chi connectivity index (χ3n) is 14.4. The van der Waals surface area contributed by atoms with Gasteiger partial charge in [-0.25, -0.2) is 24.9 Å². The second-order valence-corrected chi connectivity index (χ2v) is 18.8. The molecular weight excluding hydrogens is 919 g/mol. The molecule has 10 aromatic carbocycles. The van der Waals surface area contributed by atoms with Crippen LogP contribution in [0.3, 0.4) is 0 Å². The minimum absolute atomic E-state index is 0.430. The van der Waals surface area contributed by atoms with E-state index in [1.165, 1.54) is 21.5 Å². The normalized spacial score (nSPS) is 11.7. The van der Waals surface area contributed by atoms with E-state index in [0.717, 1.165) is 94.5 Å². The zero-order chi connectivity index (χ0) is 49.4. The molecule has 0 spiro atoms. The molecule has 15 rings (SSSR count). The number of rotatable bonds is 8. The van der Waals surface area contributed by atoms with E-state index >= 15 is 0 Å². The summed E-state index contributed by atoms with van der Waals surface area (Å²) in [7, 11) is 0. The SMILES string of the molecule is c1ccc(-c2nc(-c3cc(-n4c5ccccc5c5ccccc54)cc(-n4c5ccccc5c5ccccc54)c3)cc(-c3nc(-c4ccccc4)nc(-c4ccc(-c5cccc6oc7ccccc7c56)cc4)n3)n2)cc1. The van der Waals surface area contributed by atoms with E-state index in [2.05, 4.69) is 167 Å². The minimum Gasteiger partial charge on any atom is -0.456 e. The first-order chi connectivity index (χ1) is 37.2. The fraction of sp³-hybridized carbons (Fsp3) is 0. The summed E-state index contributed by atoms with van der Waals surface area (Å²) in [6, 6.07) is 86.4. The van der Waals surface area contributed by atoms with E-state index in [-0.39, 0.29) is 0 Å². The lowest BCUT2D eigenvalue weighted by molar-refractivity contribution is 0.669. The van der Waals surface area contributed by atoms with Gasteiger partial charge in [0.1, 0.15) is 16.9 Å². The first-order valence-corrected chi connectivity index (χ1v) is 25.1. The third kappa shape index (κ3) is 7.11. The van der Waals surface area contributed by atoms with Crippen molar-refractivity contribution in [2.24, 2.45) is 0 Å². The molecule has 5 aromatic heterocycles. The Bertz CT molecular complexity index is 4470. The van der Waals surface area contributed by atoms with Gasteiger partial charge in [0.05, 0.1) is 27.8 Å². The van der Waals surface area contributed by atoms with Gasteiger partial charge in [-0.05, 0) is 71.8 Å². The fourth-order valence-corrected chi connectivity index (χ4v) is 11.0.